The summed E-state index contributed by atoms with van der Waals surface area (Å²) in [5, 5.41) is 9.99. The second-order valence-corrected chi connectivity index (χ2v) is 4.89. The van der Waals surface area contributed by atoms with Gasteiger partial charge in [0.1, 0.15) is 5.01 Å². The Labute approximate surface area is 102 Å². The van der Waals surface area contributed by atoms with Crippen LogP contribution >= 0.6 is 11.3 Å². The molecule has 3 rings (SSSR count). The van der Waals surface area contributed by atoms with Gasteiger partial charge in [-0.25, -0.2) is 9.97 Å². The van der Waals surface area contributed by atoms with Crippen LogP contribution in [-0.2, 0) is 13.2 Å². The molecule has 0 unspecified atom stereocenters. The van der Waals surface area contributed by atoms with Crippen LogP contribution in [0.25, 0.3) is 10.2 Å². The number of aromatic nitrogens is 3. The van der Waals surface area contributed by atoms with Crippen LogP contribution in [0.2, 0.25) is 0 Å². The molecule has 0 fully saturated rings. The molecule has 2 aromatic heterocycles. The minimum absolute atomic E-state index is 0.0210. The lowest BCUT2D eigenvalue weighted by molar-refractivity contribution is 0.277. The fraction of sp³-hybridized carbons (Fsp3) is 0.167. The zero-order valence-corrected chi connectivity index (χ0v) is 9.89. The number of aliphatic hydroxyl groups excluding tert-OH is 1. The quantitative estimate of drug-likeness (QED) is 0.768. The van der Waals surface area contributed by atoms with Crippen molar-refractivity contribution in [1.82, 2.24) is 14.5 Å². The number of aliphatic hydroxyl groups is 1. The lowest BCUT2D eigenvalue weighted by Crippen LogP contribution is -1.95. The van der Waals surface area contributed by atoms with E-state index in [-0.39, 0.29) is 6.61 Å². The molecule has 2 heterocycles. The van der Waals surface area contributed by atoms with Gasteiger partial charge in [-0.2, -0.15) is 0 Å². The second-order valence-electron chi connectivity index (χ2n) is 3.77. The van der Waals surface area contributed by atoms with E-state index in [9.17, 15) is 0 Å². The highest BCUT2D eigenvalue weighted by Gasteiger charge is 2.04. The molecule has 1 N–H and O–H groups in total. The number of hydrogen-bond donors (Lipinski definition) is 1. The van der Waals surface area contributed by atoms with Gasteiger partial charge in [-0.3, -0.25) is 0 Å². The molecule has 17 heavy (non-hydrogen) atoms. The molecule has 3 aromatic rings. The highest BCUT2D eigenvalue weighted by Crippen LogP contribution is 2.22. The Morgan fingerprint density at radius 3 is 2.94 bits per heavy atom. The van der Waals surface area contributed by atoms with Crippen LogP contribution in [0.4, 0.5) is 0 Å². The van der Waals surface area contributed by atoms with Crippen LogP contribution in [0.5, 0.6) is 0 Å². The van der Waals surface area contributed by atoms with E-state index in [4.69, 9.17) is 5.11 Å². The number of thiazole rings is 1. The Kier molecular flexibility index (Phi) is 2.62. The molecular formula is C12H11N3OS. The number of imidazole rings is 1. The summed E-state index contributed by atoms with van der Waals surface area (Å²) in [5.74, 6) is 0. The number of rotatable bonds is 3. The van der Waals surface area contributed by atoms with Gasteiger partial charge in [-0.1, -0.05) is 12.1 Å². The molecule has 0 amide bonds. The Hall–Kier alpha value is -1.72. The van der Waals surface area contributed by atoms with Gasteiger partial charge in [0.2, 0.25) is 0 Å². The Bertz CT molecular complexity index is 611. The van der Waals surface area contributed by atoms with Crippen molar-refractivity contribution in [2.45, 2.75) is 13.2 Å². The van der Waals surface area contributed by atoms with Gasteiger partial charge >= 0.3 is 0 Å². The van der Waals surface area contributed by atoms with Crippen molar-refractivity contribution in [3.8, 4) is 0 Å². The van der Waals surface area contributed by atoms with Crippen LogP contribution in [0.3, 0.4) is 0 Å². The van der Waals surface area contributed by atoms with Gasteiger partial charge in [-0.05, 0) is 12.1 Å². The zero-order valence-electron chi connectivity index (χ0n) is 9.08. The summed E-state index contributed by atoms with van der Waals surface area (Å²) in [5.41, 5.74) is 1.72. The maximum absolute atomic E-state index is 8.94. The second kappa shape index (κ2) is 4.27. The van der Waals surface area contributed by atoms with Crippen molar-refractivity contribution in [2.24, 2.45) is 0 Å². The summed E-state index contributed by atoms with van der Waals surface area (Å²) in [4.78, 5) is 8.63. The fourth-order valence-electron chi connectivity index (χ4n) is 1.72. The first-order chi connectivity index (χ1) is 8.35. The van der Waals surface area contributed by atoms with Crippen molar-refractivity contribution in [2.75, 3.05) is 0 Å². The summed E-state index contributed by atoms with van der Waals surface area (Å²) in [7, 11) is 0. The Morgan fingerprint density at radius 1 is 1.29 bits per heavy atom. The van der Waals surface area contributed by atoms with Gasteiger partial charge in [0.25, 0.3) is 0 Å². The van der Waals surface area contributed by atoms with E-state index in [2.05, 4.69) is 16.0 Å². The highest BCUT2D eigenvalue weighted by atomic mass is 32.1. The van der Waals surface area contributed by atoms with E-state index < -0.39 is 0 Å². The molecule has 0 spiro atoms. The lowest BCUT2D eigenvalue weighted by atomic mass is 10.3. The number of para-hydroxylation sites is 1. The molecule has 0 atom stereocenters. The average molecular weight is 245 g/mol. The van der Waals surface area contributed by atoms with Crippen LogP contribution in [0.15, 0.2) is 36.8 Å². The number of hydrogen-bond acceptors (Lipinski definition) is 4. The van der Waals surface area contributed by atoms with Gasteiger partial charge in [-0.15, -0.1) is 11.3 Å². The number of benzene rings is 1. The van der Waals surface area contributed by atoms with Crippen molar-refractivity contribution >= 4 is 21.6 Å². The molecule has 4 nitrogen and oxygen atoms in total. The molecule has 0 radical (unpaired) electrons. The fourth-order valence-corrected chi connectivity index (χ4v) is 2.69. The van der Waals surface area contributed by atoms with Crippen LogP contribution in [0, 0.1) is 0 Å². The number of nitrogens with zero attached hydrogens (tertiary/aromatic N) is 3. The van der Waals surface area contributed by atoms with Crippen molar-refractivity contribution in [3.05, 3.63) is 47.5 Å². The van der Waals surface area contributed by atoms with E-state index in [1.54, 1.807) is 17.7 Å². The molecular weight excluding hydrogens is 234 g/mol. The summed E-state index contributed by atoms with van der Waals surface area (Å²) in [6.45, 7) is 0.680. The third-order valence-electron chi connectivity index (χ3n) is 2.50. The lowest BCUT2D eigenvalue weighted by Gasteiger charge is -1.95. The van der Waals surface area contributed by atoms with E-state index in [1.165, 1.54) is 4.70 Å². The topological polar surface area (TPSA) is 50.9 Å². The maximum Gasteiger partial charge on any atom is 0.114 e. The largest absolute Gasteiger partial charge is 0.390 e. The molecule has 5 heteroatoms. The third-order valence-corrected chi connectivity index (χ3v) is 3.53. The summed E-state index contributed by atoms with van der Waals surface area (Å²) < 4.78 is 3.13. The highest BCUT2D eigenvalue weighted by molar-refractivity contribution is 7.18. The minimum Gasteiger partial charge on any atom is -0.390 e. The van der Waals surface area contributed by atoms with E-state index in [1.807, 2.05) is 29.0 Å². The first-order valence-electron chi connectivity index (χ1n) is 5.31. The summed E-state index contributed by atoms with van der Waals surface area (Å²) >= 11 is 1.69. The molecule has 0 aliphatic heterocycles. The van der Waals surface area contributed by atoms with E-state index in [0.29, 0.717) is 12.2 Å². The smallest absolute Gasteiger partial charge is 0.114 e. The van der Waals surface area contributed by atoms with Gasteiger partial charge in [0.05, 0.1) is 35.4 Å². The monoisotopic (exact) mass is 245 g/mol. The molecule has 0 saturated carbocycles. The first kappa shape index (κ1) is 10.4. The first-order valence-corrected chi connectivity index (χ1v) is 6.13. The Morgan fingerprint density at radius 2 is 2.18 bits per heavy atom. The Balaban J connectivity index is 1.89. The molecule has 86 valence electrons. The molecule has 1 aromatic carbocycles. The van der Waals surface area contributed by atoms with Crippen LogP contribution < -0.4 is 0 Å². The summed E-state index contributed by atoms with van der Waals surface area (Å²) in [6, 6.07) is 8.10. The normalized spacial score (nSPS) is 11.1. The average Bonchev–Trinajstić information content (AvgIpc) is 2.94. The van der Waals surface area contributed by atoms with E-state index >= 15 is 0 Å². The molecule has 0 saturated heterocycles. The van der Waals surface area contributed by atoms with E-state index in [0.717, 1.165) is 10.5 Å². The minimum atomic E-state index is -0.0210. The zero-order chi connectivity index (χ0) is 11.7. The third kappa shape index (κ3) is 2.07. The van der Waals surface area contributed by atoms with Crippen molar-refractivity contribution in [1.29, 1.82) is 0 Å². The standard InChI is InChI=1S/C12H11N3OS/c16-7-9-5-15(8-13-9)6-12-14-10-3-1-2-4-11(10)17-12/h1-5,8,16H,6-7H2. The van der Waals surface area contributed by atoms with Gasteiger partial charge < -0.3 is 9.67 Å². The summed E-state index contributed by atoms with van der Waals surface area (Å²) in [6.07, 6.45) is 3.56. The molecule has 0 bridgehead atoms. The van der Waals surface area contributed by atoms with Crippen LogP contribution in [0.1, 0.15) is 10.7 Å². The maximum atomic E-state index is 8.94. The molecule has 0 aliphatic rings. The van der Waals surface area contributed by atoms with Crippen molar-refractivity contribution < 1.29 is 5.11 Å². The predicted octanol–water partition coefficient (Wildman–Crippen LogP) is 2.03. The van der Waals surface area contributed by atoms with Crippen molar-refractivity contribution in [3.63, 3.8) is 0 Å². The molecule has 0 aliphatic carbocycles. The van der Waals surface area contributed by atoms with Gasteiger partial charge in [0, 0.05) is 6.20 Å². The van der Waals surface area contributed by atoms with Crippen LogP contribution in [-0.4, -0.2) is 19.6 Å². The number of fused-ring (bicyclic) bond motifs is 1. The SMILES string of the molecule is OCc1cn(Cc2nc3ccccc3s2)cn1. The predicted molar refractivity (Wildman–Crippen MR) is 66.9 cm³/mol. The van der Waals surface area contributed by atoms with Gasteiger partial charge in [0.15, 0.2) is 0 Å².